The first-order chi connectivity index (χ1) is 8.60. The molecule has 0 aliphatic rings. The van der Waals surface area contributed by atoms with Gasteiger partial charge in [-0.15, -0.1) is 0 Å². The predicted molar refractivity (Wildman–Crippen MR) is 69.6 cm³/mol. The molecule has 0 saturated heterocycles. The molecule has 0 N–H and O–H groups in total. The Balaban J connectivity index is 2.30. The van der Waals surface area contributed by atoms with Crippen LogP contribution >= 0.6 is 11.6 Å². The molecule has 0 fully saturated rings. The van der Waals surface area contributed by atoms with E-state index < -0.39 is 0 Å². The molecular weight excluding hydrogens is 252 g/mol. The van der Waals surface area contributed by atoms with Crippen molar-refractivity contribution in [2.24, 2.45) is 0 Å². The van der Waals surface area contributed by atoms with Crippen molar-refractivity contribution in [3.8, 4) is 17.4 Å². The van der Waals surface area contributed by atoms with E-state index in [0.29, 0.717) is 17.4 Å². The maximum Gasteiger partial charge on any atom is 0.257 e. The zero-order valence-corrected chi connectivity index (χ0v) is 11.2. The Kier molecular flexibility index (Phi) is 3.67. The second-order valence-corrected chi connectivity index (χ2v) is 4.13. The molecule has 0 spiro atoms. The van der Waals surface area contributed by atoms with E-state index in [2.05, 4.69) is 9.97 Å². The van der Waals surface area contributed by atoms with Crippen molar-refractivity contribution < 1.29 is 9.47 Å². The molecule has 4 nitrogen and oxygen atoms in total. The molecule has 1 aromatic carbocycles. The average molecular weight is 265 g/mol. The van der Waals surface area contributed by atoms with Gasteiger partial charge in [-0.2, -0.15) is 0 Å². The molecule has 5 heteroatoms. The lowest BCUT2D eigenvalue weighted by atomic mass is 10.3. The number of rotatable bonds is 3. The summed E-state index contributed by atoms with van der Waals surface area (Å²) < 4.78 is 10.7. The highest BCUT2D eigenvalue weighted by atomic mass is 35.5. The summed E-state index contributed by atoms with van der Waals surface area (Å²) in [6.07, 6.45) is 0. The van der Waals surface area contributed by atoms with E-state index >= 15 is 0 Å². The molecule has 1 aromatic heterocycles. The zero-order valence-electron chi connectivity index (χ0n) is 10.4. The quantitative estimate of drug-likeness (QED) is 0.850. The number of hydrogen-bond donors (Lipinski definition) is 0. The van der Waals surface area contributed by atoms with Gasteiger partial charge in [-0.05, 0) is 26.0 Å². The number of ether oxygens (including phenoxy) is 2. The standard InChI is InChI=1S/C13H13ClN2O2/c1-8-9(2)16-13(12(14)15-8)18-11-6-4-5-10(7-11)17-3/h4-7H,1-3H3. The molecule has 0 saturated carbocycles. The van der Waals surface area contributed by atoms with Crippen LogP contribution in [-0.4, -0.2) is 17.1 Å². The van der Waals surface area contributed by atoms with E-state index in [1.807, 2.05) is 26.0 Å². The van der Waals surface area contributed by atoms with Gasteiger partial charge >= 0.3 is 0 Å². The molecule has 18 heavy (non-hydrogen) atoms. The molecule has 1 heterocycles. The largest absolute Gasteiger partial charge is 0.497 e. The van der Waals surface area contributed by atoms with Crippen LogP contribution in [0.4, 0.5) is 0 Å². The van der Waals surface area contributed by atoms with Crippen LogP contribution in [0, 0.1) is 13.8 Å². The van der Waals surface area contributed by atoms with E-state index in [-0.39, 0.29) is 5.15 Å². The van der Waals surface area contributed by atoms with Crippen LogP contribution in [0.1, 0.15) is 11.4 Å². The first kappa shape index (κ1) is 12.6. The van der Waals surface area contributed by atoms with Gasteiger partial charge in [-0.1, -0.05) is 17.7 Å². The Morgan fingerprint density at radius 2 is 1.72 bits per heavy atom. The molecule has 2 rings (SSSR count). The van der Waals surface area contributed by atoms with E-state index in [0.717, 1.165) is 11.4 Å². The van der Waals surface area contributed by atoms with Crippen LogP contribution in [0.5, 0.6) is 17.4 Å². The molecule has 0 atom stereocenters. The summed E-state index contributed by atoms with van der Waals surface area (Å²) >= 11 is 6.00. The Labute approximate surface area is 111 Å². The normalized spacial score (nSPS) is 10.2. The Hall–Kier alpha value is -1.81. The Morgan fingerprint density at radius 1 is 1.06 bits per heavy atom. The van der Waals surface area contributed by atoms with Gasteiger partial charge in [0.2, 0.25) is 0 Å². The van der Waals surface area contributed by atoms with Crippen LogP contribution < -0.4 is 9.47 Å². The lowest BCUT2D eigenvalue weighted by Crippen LogP contribution is -1.97. The smallest absolute Gasteiger partial charge is 0.257 e. The fourth-order valence-electron chi connectivity index (χ4n) is 1.40. The second kappa shape index (κ2) is 5.23. The molecular formula is C13H13ClN2O2. The predicted octanol–water partition coefficient (Wildman–Crippen LogP) is 3.55. The molecule has 0 aliphatic carbocycles. The number of aryl methyl sites for hydroxylation is 2. The number of benzene rings is 1. The molecule has 0 bridgehead atoms. The first-order valence-corrected chi connectivity index (χ1v) is 5.80. The van der Waals surface area contributed by atoms with Crippen LogP contribution in [0.3, 0.4) is 0 Å². The van der Waals surface area contributed by atoms with E-state index in [1.54, 1.807) is 19.2 Å². The minimum absolute atomic E-state index is 0.251. The van der Waals surface area contributed by atoms with Gasteiger partial charge in [0.25, 0.3) is 5.88 Å². The Morgan fingerprint density at radius 3 is 2.44 bits per heavy atom. The zero-order chi connectivity index (χ0) is 13.1. The fourth-order valence-corrected chi connectivity index (χ4v) is 1.60. The maximum absolute atomic E-state index is 6.00. The highest BCUT2D eigenvalue weighted by Crippen LogP contribution is 2.28. The van der Waals surface area contributed by atoms with Crippen molar-refractivity contribution in [1.82, 2.24) is 9.97 Å². The summed E-state index contributed by atoms with van der Waals surface area (Å²) in [7, 11) is 1.60. The fraction of sp³-hybridized carbons (Fsp3) is 0.231. The monoisotopic (exact) mass is 264 g/mol. The van der Waals surface area contributed by atoms with Gasteiger partial charge in [-0.3, -0.25) is 0 Å². The van der Waals surface area contributed by atoms with Gasteiger partial charge in [-0.25, -0.2) is 9.97 Å². The molecule has 0 radical (unpaired) electrons. The highest BCUT2D eigenvalue weighted by Gasteiger charge is 2.09. The van der Waals surface area contributed by atoms with Gasteiger partial charge in [0, 0.05) is 6.07 Å². The SMILES string of the molecule is COc1cccc(Oc2nc(C)c(C)nc2Cl)c1. The van der Waals surface area contributed by atoms with Gasteiger partial charge in [0.1, 0.15) is 11.5 Å². The third kappa shape index (κ3) is 2.71. The van der Waals surface area contributed by atoms with Gasteiger partial charge < -0.3 is 9.47 Å². The molecule has 0 aliphatic heterocycles. The van der Waals surface area contributed by atoms with Crippen LogP contribution in [0.15, 0.2) is 24.3 Å². The summed E-state index contributed by atoms with van der Waals surface area (Å²) in [5.74, 6) is 1.61. The lowest BCUT2D eigenvalue weighted by Gasteiger charge is -2.09. The van der Waals surface area contributed by atoms with Crippen LogP contribution in [-0.2, 0) is 0 Å². The minimum Gasteiger partial charge on any atom is -0.497 e. The number of methoxy groups -OCH3 is 1. The third-order valence-corrected chi connectivity index (χ3v) is 2.74. The van der Waals surface area contributed by atoms with Gasteiger partial charge in [0.15, 0.2) is 5.15 Å². The van der Waals surface area contributed by atoms with Crippen molar-refractivity contribution in [2.75, 3.05) is 7.11 Å². The molecule has 94 valence electrons. The van der Waals surface area contributed by atoms with Gasteiger partial charge in [0.05, 0.1) is 18.5 Å². The van der Waals surface area contributed by atoms with Crippen molar-refractivity contribution in [3.63, 3.8) is 0 Å². The summed E-state index contributed by atoms with van der Waals surface area (Å²) in [5.41, 5.74) is 1.58. The molecule has 2 aromatic rings. The van der Waals surface area contributed by atoms with Crippen molar-refractivity contribution in [1.29, 1.82) is 0 Å². The number of hydrogen-bond acceptors (Lipinski definition) is 4. The summed E-state index contributed by atoms with van der Waals surface area (Å²) in [4.78, 5) is 8.42. The van der Waals surface area contributed by atoms with E-state index in [4.69, 9.17) is 21.1 Å². The second-order valence-electron chi connectivity index (χ2n) is 3.77. The number of halogens is 1. The average Bonchev–Trinajstić information content (AvgIpc) is 2.36. The Bertz CT molecular complexity index is 573. The first-order valence-electron chi connectivity index (χ1n) is 5.43. The molecule has 0 amide bonds. The van der Waals surface area contributed by atoms with E-state index in [9.17, 15) is 0 Å². The summed E-state index contributed by atoms with van der Waals surface area (Å²) in [6, 6.07) is 7.22. The topological polar surface area (TPSA) is 44.2 Å². The maximum atomic E-state index is 6.00. The van der Waals surface area contributed by atoms with Crippen LogP contribution in [0.25, 0.3) is 0 Å². The highest BCUT2D eigenvalue weighted by molar-refractivity contribution is 6.30. The summed E-state index contributed by atoms with van der Waals surface area (Å²) in [6.45, 7) is 3.71. The van der Waals surface area contributed by atoms with E-state index in [1.165, 1.54) is 0 Å². The summed E-state index contributed by atoms with van der Waals surface area (Å²) in [5, 5.41) is 0.251. The lowest BCUT2D eigenvalue weighted by molar-refractivity contribution is 0.407. The van der Waals surface area contributed by atoms with Crippen molar-refractivity contribution in [3.05, 3.63) is 40.8 Å². The van der Waals surface area contributed by atoms with Crippen molar-refractivity contribution >= 4 is 11.6 Å². The number of nitrogens with zero attached hydrogens (tertiary/aromatic N) is 2. The minimum atomic E-state index is 0.251. The van der Waals surface area contributed by atoms with Crippen molar-refractivity contribution in [2.45, 2.75) is 13.8 Å². The molecule has 0 unspecified atom stereocenters. The third-order valence-electron chi connectivity index (χ3n) is 2.49. The number of aromatic nitrogens is 2. The van der Waals surface area contributed by atoms with Crippen LogP contribution in [0.2, 0.25) is 5.15 Å².